The van der Waals surface area contributed by atoms with Crippen molar-refractivity contribution >= 4 is 10.9 Å². The monoisotopic (exact) mass is 289 g/mol. The molecule has 1 heterocycles. The molecule has 0 spiro atoms. The van der Waals surface area contributed by atoms with Gasteiger partial charge in [-0.05, 0) is 28.5 Å². The van der Waals surface area contributed by atoms with Crippen LogP contribution in [-0.2, 0) is 10.8 Å². The number of hydrogen-bond acceptors (Lipinski definition) is 2. The third-order valence-corrected chi connectivity index (χ3v) is 3.71. The van der Waals surface area contributed by atoms with Crippen LogP contribution >= 0.6 is 0 Å². The first-order valence-electron chi connectivity index (χ1n) is 7.23. The van der Waals surface area contributed by atoms with Crippen molar-refractivity contribution in [2.75, 3.05) is 7.11 Å². The first kappa shape index (κ1) is 15.7. The fourth-order valence-corrected chi connectivity index (χ4v) is 2.57. The Morgan fingerprint density at radius 3 is 2.00 bits per heavy atom. The van der Waals surface area contributed by atoms with Gasteiger partial charge in [-0.15, -0.1) is 0 Å². The maximum atomic E-state index is 14.1. The average molecular weight is 289 g/mol. The molecule has 0 bridgehead atoms. The molecule has 0 radical (unpaired) electrons. The molecule has 1 aromatic heterocycles. The van der Waals surface area contributed by atoms with Crippen molar-refractivity contribution in [1.29, 1.82) is 0 Å². The highest BCUT2D eigenvalue weighted by Gasteiger charge is 2.25. The maximum absolute atomic E-state index is 14.1. The number of benzene rings is 1. The van der Waals surface area contributed by atoms with Gasteiger partial charge in [-0.2, -0.15) is 0 Å². The van der Waals surface area contributed by atoms with Gasteiger partial charge in [-0.3, -0.25) is 4.98 Å². The number of hydrogen-bond donors (Lipinski definition) is 0. The number of pyridine rings is 1. The molecule has 2 nitrogen and oxygen atoms in total. The lowest BCUT2D eigenvalue weighted by Gasteiger charge is -2.25. The maximum Gasteiger partial charge on any atom is 0.133 e. The summed E-state index contributed by atoms with van der Waals surface area (Å²) in [6, 6.07) is 3.09. The molecular weight excluding hydrogens is 265 g/mol. The van der Waals surface area contributed by atoms with Crippen LogP contribution < -0.4 is 4.74 Å². The molecule has 0 fully saturated rings. The van der Waals surface area contributed by atoms with Crippen molar-refractivity contribution in [2.45, 2.75) is 52.4 Å². The van der Waals surface area contributed by atoms with Gasteiger partial charge in [0.1, 0.15) is 11.6 Å². The largest absolute Gasteiger partial charge is 0.496 e. The number of ether oxygens (including phenoxy) is 1. The van der Waals surface area contributed by atoms with Crippen molar-refractivity contribution in [3.63, 3.8) is 0 Å². The van der Waals surface area contributed by atoms with Crippen LogP contribution in [0.15, 0.2) is 18.3 Å². The number of rotatable bonds is 1. The van der Waals surface area contributed by atoms with E-state index < -0.39 is 0 Å². The van der Waals surface area contributed by atoms with Crippen LogP contribution in [0.3, 0.4) is 0 Å². The number of methoxy groups -OCH3 is 1. The van der Waals surface area contributed by atoms with Crippen molar-refractivity contribution in [3.05, 3.63) is 35.3 Å². The molecule has 0 aliphatic heterocycles. The van der Waals surface area contributed by atoms with Crippen molar-refractivity contribution in [3.8, 4) is 5.75 Å². The molecule has 114 valence electrons. The highest BCUT2D eigenvalue weighted by atomic mass is 19.1. The Morgan fingerprint density at radius 1 is 0.952 bits per heavy atom. The second kappa shape index (κ2) is 4.97. The molecule has 0 aliphatic rings. The minimum atomic E-state index is -0.251. The Kier molecular flexibility index (Phi) is 3.73. The van der Waals surface area contributed by atoms with E-state index in [0.29, 0.717) is 0 Å². The minimum absolute atomic E-state index is 0.110. The third-order valence-electron chi connectivity index (χ3n) is 3.71. The van der Waals surface area contributed by atoms with Crippen molar-refractivity contribution in [2.24, 2.45) is 0 Å². The molecule has 0 unspecified atom stereocenters. The van der Waals surface area contributed by atoms with E-state index in [0.717, 1.165) is 27.8 Å². The minimum Gasteiger partial charge on any atom is -0.496 e. The molecule has 21 heavy (non-hydrogen) atoms. The molecule has 0 amide bonds. The molecule has 0 saturated heterocycles. The van der Waals surface area contributed by atoms with E-state index in [1.54, 1.807) is 13.2 Å². The molecule has 0 aliphatic carbocycles. The van der Waals surface area contributed by atoms with E-state index in [4.69, 9.17) is 4.74 Å². The Labute approximate surface area is 126 Å². The number of halogens is 1. The standard InChI is InChI=1S/C18H24FNO/c1-17(2,3)13-9-11(19)8-12-15(13)20-10-14(16(12)21-7)18(4,5)6/h8-10H,1-7H3. The summed E-state index contributed by atoms with van der Waals surface area (Å²) >= 11 is 0. The topological polar surface area (TPSA) is 22.1 Å². The SMILES string of the molecule is COc1c(C(C)(C)C)cnc2c(C(C)(C)C)cc(F)cc12. The first-order chi connectivity index (χ1) is 9.55. The molecule has 2 aromatic rings. The number of fused-ring (bicyclic) bond motifs is 1. The lowest BCUT2D eigenvalue weighted by atomic mass is 9.83. The zero-order valence-electron chi connectivity index (χ0n) is 14.0. The summed E-state index contributed by atoms with van der Waals surface area (Å²) in [6.45, 7) is 12.5. The van der Waals surface area contributed by atoms with Gasteiger partial charge < -0.3 is 4.74 Å². The fraction of sp³-hybridized carbons (Fsp3) is 0.500. The van der Waals surface area contributed by atoms with Crippen LogP contribution in [0.5, 0.6) is 5.75 Å². The van der Waals surface area contributed by atoms with E-state index in [1.807, 2.05) is 6.20 Å². The van der Waals surface area contributed by atoms with Crippen LogP contribution in [-0.4, -0.2) is 12.1 Å². The summed E-state index contributed by atoms with van der Waals surface area (Å²) in [5, 5.41) is 0.745. The zero-order valence-corrected chi connectivity index (χ0v) is 14.0. The van der Waals surface area contributed by atoms with Crippen LogP contribution in [0.1, 0.15) is 52.7 Å². The summed E-state index contributed by atoms with van der Waals surface area (Å²) in [5.41, 5.74) is 2.41. The van der Waals surface area contributed by atoms with Gasteiger partial charge in [0.05, 0.1) is 12.6 Å². The predicted molar refractivity (Wildman–Crippen MR) is 85.7 cm³/mol. The van der Waals surface area contributed by atoms with E-state index in [2.05, 4.69) is 46.5 Å². The van der Waals surface area contributed by atoms with Crippen LogP contribution in [0.4, 0.5) is 4.39 Å². The Morgan fingerprint density at radius 2 is 1.52 bits per heavy atom. The smallest absolute Gasteiger partial charge is 0.133 e. The average Bonchev–Trinajstić information content (AvgIpc) is 2.33. The molecule has 1 aromatic carbocycles. The van der Waals surface area contributed by atoms with Gasteiger partial charge in [0.15, 0.2) is 0 Å². The molecular formula is C18H24FNO. The van der Waals surface area contributed by atoms with Crippen molar-refractivity contribution < 1.29 is 9.13 Å². The molecule has 0 N–H and O–H groups in total. The molecule has 0 atom stereocenters. The normalized spacial score (nSPS) is 12.8. The van der Waals surface area contributed by atoms with E-state index in [-0.39, 0.29) is 16.6 Å². The Balaban J connectivity index is 2.92. The summed E-state index contributed by atoms with van der Waals surface area (Å²) in [7, 11) is 1.63. The summed E-state index contributed by atoms with van der Waals surface area (Å²) in [6.07, 6.45) is 1.86. The second-order valence-electron chi connectivity index (χ2n) is 7.55. The summed E-state index contributed by atoms with van der Waals surface area (Å²) in [4.78, 5) is 4.62. The highest BCUT2D eigenvalue weighted by molar-refractivity contribution is 5.89. The van der Waals surface area contributed by atoms with Crippen LogP contribution in [0.2, 0.25) is 0 Å². The zero-order chi connectivity index (χ0) is 16.0. The lowest BCUT2D eigenvalue weighted by molar-refractivity contribution is 0.401. The Hall–Kier alpha value is -1.64. The second-order valence-corrected chi connectivity index (χ2v) is 7.55. The first-order valence-corrected chi connectivity index (χ1v) is 7.23. The van der Waals surface area contributed by atoms with E-state index in [9.17, 15) is 4.39 Å². The van der Waals surface area contributed by atoms with E-state index in [1.165, 1.54) is 6.07 Å². The van der Waals surface area contributed by atoms with Gasteiger partial charge >= 0.3 is 0 Å². The third kappa shape index (κ3) is 2.87. The highest BCUT2D eigenvalue weighted by Crippen LogP contribution is 2.39. The molecule has 0 saturated carbocycles. The predicted octanol–water partition coefficient (Wildman–Crippen LogP) is 4.98. The van der Waals surface area contributed by atoms with Crippen LogP contribution in [0, 0.1) is 5.82 Å². The van der Waals surface area contributed by atoms with Gasteiger partial charge in [0.25, 0.3) is 0 Å². The lowest BCUT2D eigenvalue weighted by Crippen LogP contribution is -2.16. The van der Waals surface area contributed by atoms with Gasteiger partial charge in [0, 0.05) is 17.1 Å². The Bertz CT molecular complexity index is 678. The van der Waals surface area contributed by atoms with Crippen LogP contribution in [0.25, 0.3) is 10.9 Å². The quantitative estimate of drug-likeness (QED) is 0.739. The van der Waals surface area contributed by atoms with Gasteiger partial charge in [0.2, 0.25) is 0 Å². The molecule has 2 rings (SSSR count). The summed E-state index contributed by atoms with van der Waals surface area (Å²) < 4.78 is 19.7. The van der Waals surface area contributed by atoms with Gasteiger partial charge in [-0.25, -0.2) is 4.39 Å². The molecule has 3 heteroatoms. The van der Waals surface area contributed by atoms with E-state index >= 15 is 0 Å². The van der Waals surface area contributed by atoms with Gasteiger partial charge in [-0.1, -0.05) is 41.5 Å². The number of aromatic nitrogens is 1. The van der Waals surface area contributed by atoms with Crippen molar-refractivity contribution in [1.82, 2.24) is 4.98 Å². The number of nitrogens with zero attached hydrogens (tertiary/aromatic N) is 1. The summed E-state index contributed by atoms with van der Waals surface area (Å²) in [5.74, 6) is 0.469. The fourth-order valence-electron chi connectivity index (χ4n) is 2.57.